The molecule has 0 amide bonds. The zero-order chi connectivity index (χ0) is 22.9. The van der Waals surface area contributed by atoms with E-state index >= 15 is 0 Å². The van der Waals surface area contributed by atoms with Gasteiger partial charge in [-0.05, 0) is 66.6 Å². The minimum absolute atomic E-state index is 0.0120. The number of hydrogen-bond acceptors (Lipinski definition) is 2. The lowest BCUT2D eigenvalue weighted by atomic mass is 9.68. The maximum absolute atomic E-state index is 13.2. The number of nitrogens with zero attached hydrogens (tertiary/aromatic N) is 1. The van der Waals surface area contributed by atoms with Crippen LogP contribution in [-0.2, 0) is 23.2 Å². The van der Waals surface area contributed by atoms with Gasteiger partial charge < -0.3 is 4.74 Å². The van der Waals surface area contributed by atoms with E-state index in [1.54, 1.807) is 12.2 Å². The predicted octanol–water partition coefficient (Wildman–Crippen LogP) is 7.63. The number of halogens is 3. The Hall–Kier alpha value is -1.62. The van der Waals surface area contributed by atoms with Crippen molar-refractivity contribution in [2.24, 2.45) is 11.3 Å². The summed E-state index contributed by atoms with van der Waals surface area (Å²) in [7, 11) is 0. The molecule has 0 radical (unpaired) electrons. The highest BCUT2D eigenvalue weighted by atomic mass is 19.4. The number of aryl methyl sites for hydroxylation is 1. The third-order valence-electron chi connectivity index (χ3n) is 8.09. The van der Waals surface area contributed by atoms with Crippen molar-refractivity contribution in [2.75, 3.05) is 0 Å². The van der Waals surface area contributed by atoms with Crippen LogP contribution in [0.15, 0.2) is 23.8 Å². The molecule has 0 bridgehead atoms. The third-order valence-corrected chi connectivity index (χ3v) is 8.09. The molecule has 1 fully saturated rings. The Morgan fingerprint density at radius 3 is 2.47 bits per heavy atom. The van der Waals surface area contributed by atoms with Crippen molar-refractivity contribution in [1.82, 2.24) is 4.98 Å². The Balaban J connectivity index is 1.65. The molecular weight excluding hydrogens is 411 g/mol. The van der Waals surface area contributed by atoms with Gasteiger partial charge in [-0.1, -0.05) is 58.8 Å². The third kappa shape index (κ3) is 3.46. The van der Waals surface area contributed by atoms with Crippen molar-refractivity contribution in [1.29, 1.82) is 0 Å². The van der Waals surface area contributed by atoms with Crippen LogP contribution < -0.4 is 0 Å². The maximum atomic E-state index is 13.2. The topological polar surface area (TPSA) is 22.1 Å². The van der Waals surface area contributed by atoms with Gasteiger partial charge in [0.15, 0.2) is 0 Å². The van der Waals surface area contributed by atoms with E-state index in [0.29, 0.717) is 5.92 Å². The van der Waals surface area contributed by atoms with Gasteiger partial charge in [-0.25, -0.2) is 0 Å². The second-order valence-electron chi connectivity index (χ2n) is 11.2. The second kappa shape index (κ2) is 7.44. The maximum Gasteiger partial charge on any atom is 0.395 e. The minimum Gasteiger partial charge on any atom is -0.358 e. The summed E-state index contributed by atoms with van der Waals surface area (Å²) in [5.41, 5.74) is 7.00. The van der Waals surface area contributed by atoms with Crippen LogP contribution in [0.1, 0.15) is 106 Å². The molecule has 0 N–H and O–H groups in total. The molecule has 0 saturated heterocycles. The van der Waals surface area contributed by atoms with Gasteiger partial charge in [0.05, 0.1) is 11.5 Å². The van der Waals surface area contributed by atoms with Crippen LogP contribution in [0.25, 0.3) is 0 Å². The van der Waals surface area contributed by atoms with Crippen LogP contribution in [0.4, 0.5) is 13.2 Å². The fourth-order valence-corrected chi connectivity index (χ4v) is 6.85. The Morgan fingerprint density at radius 1 is 1.16 bits per heavy atom. The average Bonchev–Trinajstić information content (AvgIpc) is 3.31. The quantitative estimate of drug-likeness (QED) is 0.467. The summed E-state index contributed by atoms with van der Waals surface area (Å²) in [4.78, 5) is 5.19. The molecule has 32 heavy (non-hydrogen) atoms. The van der Waals surface area contributed by atoms with Gasteiger partial charge in [0.2, 0.25) is 0 Å². The lowest BCUT2D eigenvalue weighted by Crippen LogP contribution is -2.31. The van der Waals surface area contributed by atoms with Crippen molar-refractivity contribution in [2.45, 2.75) is 103 Å². The number of ether oxygens (including phenoxy) is 1. The minimum atomic E-state index is -4.20. The summed E-state index contributed by atoms with van der Waals surface area (Å²) in [5.74, 6) is -0.992. The Labute approximate surface area is 189 Å². The normalized spacial score (nSPS) is 30.3. The van der Waals surface area contributed by atoms with E-state index in [9.17, 15) is 13.2 Å². The molecule has 2 heterocycles. The summed E-state index contributed by atoms with van der Waals surface area (Å²) in [5, 5.41) is 0. The van der Waals surface area contributed by atoms with Gasteiger partial charge in [-0.15, -0.1) is 0 Å². The molecule has 5 rings (SSSR count). The first-order valence-electron chi connectivity index (χ1n) is 12.2. The van der Waals surface area contributed by atoms with Crippen LogP contribution in [-0.4, -0.2) is 11.2 Å². The van der Waals surface area contributed by atoms with E-state index < -0.39 is 12.1 Å². The number of rotatable bonds is 2. The standard InChI is InChI=1S/C27H34F3NO/c1-5-19-22-23(21-16(2)14-25(3,4)15-20(21)31-19)26(12-6-7-13-26)32-24(22)17-8-10-18(11-9-17)27(28,29)30/h8-10,16,18,24H,5-7,11-15H2,1-4H3. The molecule has 1 aromatic rings. The molecule has 1 spiro atoms. The average molecular weight is 446 g/mol. The molecule has 0 aromatic carbocycles. The highest BCUT2D eigenvalue weighted by Crippen LogP contribution is 2.59. The number of hydrogen-bond donors (Lipinski definition) is 0. The molecule has 3 unspecified atom stereocenters. The van der Waals surface area contributed by atoms with E-state index in [4.69, 9.17) is 9.72 Å². The molecule has 5 heteroatoms. The lowest BCUT2D eigenvalue weighted by molar-refractivity contribution is -0.160. The summed E-state index contributed by atoms with van der Waals surface area (Å²) in [6.07, 6.45) is 7.39. The summed E-state index contributed by atoms with van der Waals surface area (Å²) in [6, 6.07) is 0. The van der Waals surface area contributed by atoms with Crippen LogP contribution in [0.2, 0.25) is 0 Å². The molecule has 1 saturated carbocycles. The summed E-state index contributed by atoms with van der Waals surface area (Å²) >= 11 is 0. The highest BCUT2D eigenvalue weighted by molar-refractivity contribution is 5.55. The monoisotopic (exact) mass is 445 g/mol. The number of alkyl halides is 3. The second-order valence-corrected chi connectivity index (χ2v) is 11.2. The van der Waals surface area contributed by atoms with Gasteiger partial charge in [0, 0.05) is 17.0 Å². The Morgan fingerprint density at radius 2 is 1.88 bits per heavy atom. The number of fused-ring (bicyclic) bond motifs is 4. The molecule has 1 aliphatic heterocycles. The van der Waals surface area contributed by atoms with Crippen molar-refractivity contribution in [3.63, 3.8) is 0 Å². The van der Waals surface area contributed by atoms with Gasteiger partial charge in [0.1, 0.15) is 6.10 Å². The van der Waals surface area contributed by atoms with E-state index in [-0.39, 0.29) is 23.5 Å². The SMILES string of the molecule is CCc1nc2c(c3c1C(C1=CCC(C(F)(F)F)C=C1)OC31CCCC1)C(C)CC(C)(C)C2. The van der Waals surface area contributed by atoms with Crippen molar-refractivity contribution >= 4 is 0 Å². The first kappa shape index (κ1) is 22.2. The fourth-order valence-electron chi connectivity index (χ4n) is 6.85. The van der Waals surface area contributed by atoms with Gasteiger partial charge >= 0.3 is 6.18 Å². The van der Waals surface area contributed by atoms with E-state index in [2.05, 4.69) is 27.7 Å². The molecule has 3 aliphatic carbocycles. The summed E-state index contributed by atoms with van der Waals surface area (Å²) in [6.45, 7) is 9.10. The van der Waals surface area contributed by atoms with Crippen LogP contribution in [0.5, 0.6) is 0 Å². The zero-order valence-electron chi connectivity index (χ0n) is 19.6. The zero-order valence-corrected chi connectivity index (χ0v) is 19.6. The molecular formula is C27H34F3NO. The smallest absolute Gasteiger partial charge is 0.358 e. The number of pyridine rings is 1. The molecule has 2 nitrogen and oxygen atoms in total. The van der Waals surface area contributed by atoms with Gasteiger partial charge in [-0.2, -0.15) is 13.2 Å². The fraction of sp³-hybridized carbons (Fsp3) is 0.667. The summed E-state index contributed by atoms with van der Waals surface area (Å²) < 4.78 is 46.6. The van der Waals surface area contributed by atoms with E-state index in [0.717, 1.165) is 56.2 Å². The van der Waals surface area contributed by atoms with E-state index in [1.807, 2.05) is 0 Å². The molecule has 4 aliphatic rings. The van der Waals surface area contributed by atoms with Crippen molar-refractivity contribution < 1.29 is 17.9 Å². The van der Waals surface area contributed by atoms with Gasteiger partial charge in [-0.3, -0.25) is 4.98 Å². The van der Waals surface area contributed by atoms with E-state index in [1.165, 1.54) is 28.5 Å². The lowest BCUT2D eigenvalue weighted by Gasteiger charge is -2.38. The molecule has 1 aromatic heterocycles. The Kier molecular flexibility index (Phi) is 5.16. The van der Waals surface area contributed by atoms with Crippen LogP contribution >= 0.6 is 0 Å². The first-order valence-corrected chi connectivity index (χ1v) is 12.2. The first-order chi connectivity index (χ1) is 15.0. The number of aromatic nitrogens is 1. The largest absolute Gasteiger partial charge is 0.395 e. The predicted molar refractivity (Wildman–Crippen MR) is 119 cm³/mol. The number of allylic oxidation sites excluding steroid dienone is 2. The van der Waals surface area contributed by atoms with Crippen molar-refractivity contribution in [3.8, 4) is 0 Å². The van der Waals surface area contributed by atoms with Crippen molar-refractivity contribution in [3.05, 3.63) is 51.9 Å². The highest BCUT2D eigenvalue weighted by Gasteiger charge is 2.52. The molecule has 174 valence electrons. The molecule has 3 atom stereocenters. The van der Waals surface area contributed by atoms with Crippen LogP contribution in [0.3, 0.4) is 0 Å². The Bertz CT molecular complexity index is 982. The van der Waals surface area contributed by atoms with Crippen LogP contribution in [0, 0.1) is 11.3 Å². The van der Waals surface area contributed by atoms with Gasteiger partial charge in [0.25, 0.3) is 0 Å².